The molecule has 0 amide bonds. The van der Waals surface area contributed by atoms with E-state index in [9.17, 15) is 4.79 Å². The number of aromatic nitrogens is 2. The van der Waals surface area contributed by atoms with Gasteiger partial charge in [-0.2, -0.15) is 0 Å². The van der Waals surface area contributed by atoms with Crippen LogP contribution >= 0.6 is 11.6 Å². The number of rotatable bonds is 4. The third kappa shape index (κ3) is 2.63. The number of pyridine rings is 1. The Labute approximate surface area is 131 Å². The van der Waals surface area contributed by atoms with Crippen LogP contribution in [0, 0.1) is 0 Å². The molecular formula is C16H13ClN2O3. The Kier molecular flexibility index (Phi) is 3.73. The lowest BCUT2D eigenvalue weighted by Gasteiger charge is -2.09. The van der Waals surface area contributed by atoms with E-state index in [4.69, 9.17) is 21.4 Å². The van der Waals surface area contributed by atoms with Gasteiger partial charge in [-0.25, -0.2) is 9.78 Å². The van der Waals surface area contributed by atoms with Crippen molar-refractivity contribution in [2.24, 2.45) is 7.05 Å². The first-order chi connectivity index (χ1) is 10.6. The topological polar surface area (TPSA) is 64.3 Å². The molecule has 2 aromatic heterocycles. The van der Waals surface area contributed by atoms with E-state index in [0.717, 1.165) is 22.2 Å². The molecule has 3 rings (SSSR count). The lowest BCUT2D eigenvalue weighted by atomic mass is 10.0. The fraction of sp³-hybridized carbons (Fsp3) is 0.125. The molecule has 2 heterocycles. The van der Waals surface area contributed by atoms with Crippen LogP contribution in [0.4, 0.5) is 0 Å². The Morgan fingerprint density at radius 3 is 2.91 bits per heavy atom. The van der Waals surface area contributed by atoms with Crippen LogP contribution in [0.25, 0.3) is 22.2 Å². The van der Waals surface area contributed by atoms with Crippen molar-refractivity contribution >= 4 is 28.6 Å². The summed E-state index contributed by atoms with van der Waals surface area (Å²) in [6.07, 6.45) is 3.70. The van der Waals surface area contributed by atoms with Gasteiger partial charge in [0.2, 0.25) is 0 Å². The van der Waals surface area contributed by atoms with E-state index < -0.39 is 12.6 Å². The zero-order valence-corrected chi connectivity index (χ0v) is 12.5. The number of fused-ring (bicyclic) bond motifs is 1. The van der Waals surface area contributed by atoms with Crippen molar-refractivity contribution in [1.29, 1.82) is 0 Å². The molecule has 0 saturated heterocycles. The first-order valence-corrected chi connectivity index (χ1v) is 6.98. The maximum absolute atomic E-state index is 10.5. The molecule has 0 saturated carbocycles. The third-order valence-corrected chi connectivity index (χ3v) is 3.66. The zero-order valence-electron chi connectivity index (χ0n) is 11.8. The Balaban J connectivity index is 2.01. The molecule has 0 fully saturated rings. The summed E-state index contributed by atoms with van der Waals surface area (Å²) in [6, 6.07) is 9.22. The Bertz CT molecular complexity index is 858. The first-order valence-electron chi connectivity index (χ1n) is 6.61. The van der Waals surface area contributed by atoms with E-state index in [0.29, 0.717) is 10.8 Å². The SMILES string of the molecule is Cn1ccc2c(-c3ccc(OCC(=O)O)c(Cl)c3)ccnc21. The van der Waals surface area contributed by atoms with E-state index in [1.54, 1.807) is 18.3 Å². The van der Waals surface area contributed by atoms with Crippen molar-refractivity contribution in [2.45, 2.75) is 0 Å². The number of hydrogen-bond acceptors (Lipinski definition) is 3. The van der Waals surface area contributed by atoms with Crippen LogP contribution in [0.3, 0.4) is 0 Å². The molecule has 0 atom stereocenters. The first kappa shape index (κ1) is 14.4. The highest BCUT2D eigenvalue weighted by Gasteiger charge is 2.10. The van der Waals surface area contributed by atoms with Gasteiger partial charge in [0.1, 0.15) is 11.4 Å². The molecule has 1 N–H and O–H groups in total. The molecule has 0 unspecified atom stereocenters. The van der Waals surface area contributed by atoms with Gasteiger partial charge in [0.15, 0.2) is 6.61 Å². The molecule has 0 bridgehead atoms. The summed E-state index contributed by atoms with van der Waals surface area (Å²) in [5, 5.41) is 10.0. The van der Waals surface area contributed by atoms with Crippen LogP contribution in [0.2, 0.25) is 5.02 Å². The molecule has 22 heavy (non-hydrogen) atoms. The van der Waals surface area contributed by atoms with Gasteiger partial charge in [-0.1, -0.05) is 17.7 Å². The van der Waals surface area contributed by atoms with Gasteiger partial charge in [-0.15, -0.1) is 0 Å². The number of aliphatic carboxylic acids is 1. The largest absolute Gasteiger partial charge is 0.480 e. The minimum Gasteiger partial charge on any atom is -0.480 e. The quantitative estimate of drug-likeness (QED) is 0.801. The second-order valence-corrected chi connectivity index (χ2v) is 5.26. The maximum atomic E-state index is 10.5. The zero-order chi connectivity index (χ0) is 15.7. The van der Waals surface area contributed by atoms with Gasteiger partial charge in [-0.3, -0.25) is 0 Å². The van der Waals surface area contributed by atoms with Crippen molar-refractivity contribution in [2.75, 3.05) is 6.61 Å². The van der Waals surface area contributed by atoms with E-state index in [1.807, 2.05) is 36.0 Å². The molecule has 0 aliphatic rings. The second-order valence-electron chi connectivity index (χ2n) is 4.85. The van der Waals surface area contributed by atoms with Crippen LogP contribution in [0.15, 0.2) is 42.7 Å². The summed E-state index contributed by atoms with van der Waals surface area (Å²) in [4.78, 5) is 14.9. The van der Waals surface area contributed by atoms with Crippen LogP contribution in [-0.2, 0) is 11.8 Å². The highest BCUT2D eigenvalue weighted by atomic mass is 35.5. The van der Waals surface area contributed by atoms with Gasteiger partial charge in [0.05, 0.1) is 5.02 Å². The number of carboxylic acids is 1. The van der Waals surface area contributed by atoms with E-state index >= 15 is 0 Å². The van der Waals surface area contributed by atoms with Gasteiger partial charge in [0, 0.05) is 24.8 Å². The number of ether oxygens (including phenoxy) is 1. The van der Waals surface area contributed by atoms with Gasteiger partial charge < -0.3 is 14.4 Å². The average molecular weight is 317 g/mol. The van der Waals surface area contributed by atoms with Gasteiger partial charge >= 0.3 is 5.97 Å². The number of hydrogen-bond donors (Lipinski definition) is 1. The Morgan fingerprint density at radius 2 is 2.18 bits per heavy atom. The Hall–Kier alpha value is -2.53. The molecule has 3 aromatic rings. The van der Waals surface area contributed by atoms with Crippen molar-refractivity contribution in [3.05, 3.63) is 47.7 Å². The lowest BCUT2D eigenvalue weighted by molar-refractivity contribution is -0.139. The number of carboxylic acid groups (broad SMARTS) is 1. The molecule has 112 valence electrons. The smallest absolute Gasteiger partial charge is 0.341 e. The summed E-state index contributed by atoms with van der Waals surface area (Å²) >= 11 is 6.18. The standard InChI is InChI=1S/C16H13ClN2O3/c1-19-7-5-12-11(4-6-18-16(12)19)10-2-3-14(13(17)8-10)22-9-15(20)21/h2-8H,9H2,1H3,(H,20,21). The van der Waals surface area contributed by atoms with Crippen molar-refractivity contribution in [1.82, 2.24) is 9.55 Å². The van der Waals surface area contributed by atoms with Crippen molar-refractivity contribution in [3.63, 3.8) is 0 Å². The minimum atomic E-state index is -1.04. The predicted octanol–water partition coefficient (Wildman–Crippen LogP) is 3.36. The van der Waals surface area contributed by atoms with Crippen LogP contribution < -0.4 is 4.74 Å². The Morgan fingerprint density at radius 1 is 1.36 bits per heavy atom. The highest BCUT2D eigenvalue weighted by molar-refractivity contribution is 6.32. The summed E-state index contributed by atoms with van der Waals surface area (Å²) < 4.78 is 7.08. The van der Waals surface area contributed by atoms with E-state index in [1.165, 1.54) is 0 Å². The van der Waals surface area contributed by atoms with Crippen molar-refractivity contribution < 1.29 is 14.6 Å². The van der Waals surface area contributed by atoms with Crippen molar-refractivity contribution in [3.8, 4) is 16.9 Å². The number of nitrogens with zero attached hydrogens (tertiary/aromatic N) is 2. The summed E-state index contributed by atoms with van der Waals surface area (Å²) in [7, 11) is 1.94. The number of halogens is 1. The molecule has 0 aliphatic heterocycles. The molecule has 6 heteroatoms. The normalized spacial score (nSPS) is 10.8. The predicted molar refractivity (Wildman–Crippen MR) is 84.3 cm³/mol. The summed E-state index contributed by atoms with van der Waals surface area (Å²) in [5.74, 6) is -0.688. The number of aryl methyl sites for hydroxylation is 1. The number of carbonyl (C=O) groups is 1. The van der Waals surface area contributed by atoms with Gasteiger partial charge in [-0.05, 0) is 35.4 Å². The summed E-state index contributed by atoms with van der Waals surface area (Å²) in [6.45, 7) is -0.419. The monoisotopic (exact) mass is 316 g/mol. The lowest BCUT2D eigenvalue weighted by Crippen LogP contribution is -2.09. The average Bonchev–Trinajstić information content (AvgIpc) is 2.87. The molecular weight excluding hydrogens is 304 g/mol. The summed E-state index contributed by atoms with van der Waals surface area (Å²) in [5.41, 5.74) is 2.82. The molecule has 0 radical (unpaired) electrons. The van der Waals surface area contributed by atoms with Crippen LogP contribution in [0.5, 0.6) is 5.75 Å². The third-order valence-electron chi connectivity index (χ3n) is 3.36. The highest BCUT2D eigenvalue weighted by Crippen LogP contribution is 2.33. The minimum absolute atomic E-state index is 0.353. The second kappa shape index (κ2) is 5.69. The fourth-order valence-corrected chi connectivity index (χ4v) is 2.58. The molecule has 0 spiro atoms. The van der Waals surface area contributed by atoms with E-state index in [2.05, 4.69) is 4.98 Å². The van der Waals surface area contributed by atoms with Gasteiger partial charge in [0.25, 0.3) is 0 Å². The molecule has 1 aromatic carbocycles. The molecule has 0 aliphatic carbocycles. The van der Waals surface area contributed by atoms with Crippen LogP contribution in [-0.4, -0.2) is 27.2 Å². The van der Waals surface area contributed by atoms with Crippen LogP contribution in [0.1, 0.15) is 0 Å². The maximum Gasteiger partial charge on any atom is 0.341 e. The van der Waals surface area contributed by atoms with E-state index in [-0.39, 0.29) is 0 Å². The number of benzene rings is 1. The molecule has 5 nitrogen and oxygen atoms in total. The fourth-order valence-electron chi connectivity index (χ4n) is 2.34.